The zero-order valence-corrected chi connectivity index (χ0v) is 35.1. The van der Waals surface area contributed by atoms with Crippen molar-refractivity contribution in [2.24, 2.45) is 5.73 Å². The summed E-state index contributed by atoms with van der Waals surface area (Å²) in [4.78, 5) is 22.7. The van der Waals surface area contributed by atoms with Crippen LogP contribution in [0, 0.1) is 0 Å². The van der Waals surface area contributed by atoms with Gasteiger partial charge in [0.25, 0.3) is 0 Å². The highest BCUT2D eigenvalue weighted by atomic mass is 31.2. The number of aliphatic hydroxyl groups excluding tert-OH is 1. The van der Waals surface area contributed by atoms with E-state index in [1.807, 2.05) is 6.08 Å². The number of allylic oxidation sites excluding steroid dienone is 7. The highest BCUT2D eigenvalue weighted by Crippen LogP contribution is 2.43. The fourth-order valence-electron chi connectivity index (χ4n) is 6.15. The van der Waals surface area contributed by atoms with Crippen LogP contribution in [0.2, 0.25) is 0 Å². The van der Waals surface area contributed by atoms with Crippen molar-refractivity contribution >= 4 is 13.7 Å². The van der Waals surface area contributed by atoms with Crippen LogP contribution in [0.3, 0.4) is 0 Å². The Hall–Kier alpha value is -1.54. The first-order chi connectivity index (χ1) is 25.9. The molecule has 53 heavy (non-hydrogen) atoms. The number of nitrogens with one attached hydrogen (secondary N) is 1. The number of phosphoric acid groups is 1. The van der Waals surface area contributed by atoms with Crippen molar-refractivity contribution < 1.29 is 28.4 Å². The van der Waals surface area contributed by atoms with Crippen LogP contribution in [0.15, 0.2) is 48.6 Å². The van der Waals surface area contributed by atoms with Gasteiger partial charge in [0.1, 0.15) is 0 Å². The van der Waals surface area contributed by atoms with Crippen LogP contribution in [-0.4, -0.2) is 47.8 Å². The molecule has 5 N–H and O–H groups in total. The van der Waals surface area contributed by atoms with Crippen LogP contribution in [0.25, 0.3) is 0 Å². The quantitative estimate of drug-likeness (QED) is 0.0277. The van der Waals surface area contributed by atoms with Crippen LogP contribution in [0.1, 0.15) is 194 Å². The number of aliphatic hydroxyl groups is 1. The number of carbonyl (C=O) groups is 1. The van der Waals surface area contributed by atoms with E-state index in [2.05, 4.69) is 55.6 Å². The summed E-state index contributed by atoms with van der Waals surface area (Å²) in [6.07, 6.45) is 48.7. The molecule has 3 unspecified atom stereocenters. The molecule has 0 radical (unpaired) electrons. The Morgan fingerprint density at radius 2 is 1.09 bits per heavy atom. The second-order valence-corrected chi connectivity index (χ2v) is 16.0. The molecular weight excluding hydrogens is 683 g/mol. The average Bonchev–Trinajstić information content (AvgIpc) is 3.14. The van der Waals surface area contributed by atoms with Gasteiger partial charge in [-0.05, 0) is 51.4 Å². The second kappa shape index (κ2) is 40.1. The highest BCUT2D eigenvalue weighted by molar-refractivity contribution is 7.47. The van der Waals surface area contributed by atoms with Gasteiger partial charge in [-0.3, -0.25) is 13.8 Å². The molecule has 0 aromatic rings. The van der Waals surface area contributed by atoms with E-state index in [1.54, 1.807) is 6.08 Å². The molecule has 8 nitrogen and oxygen atoms in total. The Morgan fingerprint density at radius 3 is 1.60 bits per heavy atom. The van der Waals surface area contributed by atoms with E-state index in [-0.39, 0.29) is 25.7 Å². The van der Waals surface area contributed by atoms with Gasteiger partial charge in [-0.1, -0.05) is 184 Å². The summed E-state index contributed by atoms with van der Waals surface area (Å²) in [7, 11) is -4.34. The van der Waals surface area contributed by atoms with E-state index in [4.69, 9.17) is 14.8 Å². The molecule has 1 amide bonds. The van der Waals surface area contributed by atoms with Gasteiger partial charge in [-0.25, -0.2) is 4.57 Å². The largest absolute Gasteiger partial charge is 0.472 e. The first-order valence-electron chi connectivity index (χ1n) is 21.8. The van der Waals surface area contributed by atoms with Crippen LogP contribution < -0.4 is 11.1 Å². The SMILES string of the molecule is CC/C=C\C/C=C\C/C=C\CCCCCCCCCC(=O)NC(COP(=O)(O)OCCN)C(O)/C=C/CCCCCCCCCCCCCCCCC. The number of phosphoric ester groups is 1. The van der Waals surface area contributed by atoms with Crippen LogP contribution >= 0.6 is 7.82 Å². The predicted octanol–water partition coefficient (Wildman–Crippen LogP) is 12.1. The van der Waals surface area contributed by atoms with Gasteiger partial charge in [-0.15, -0.1) is 0 Å². The highest BCUT2D eigenvalue weighted by Gasteiger charge is 2.26. The lowest BCUT2D eigenvalue weighted by Crippen LogP contribution is -2.45. The minimum atomic E-state index is -4.34. The standard InChI is InChI=1S/C44H83N2O6P/c1-3-5-7-9-11-13-15-17-19-21-23-25-27-29-31-33-35-37-43(47)42(41-52-53(49,50)51-40-39-45)46-44(48)38-36-34-32-30-28-26-24-22-20-18-16-14-12-10-8-6-4-2/h6,8,12,14,18,20,35,37,42-43,47H,3-5,7,9-11,13,15-17,19,21-34,36,38-41,45H2,1-2H3,(H,46,48)(H,49,50)/b8-6-,14-12-,20-18-,37-35+. The van der Waals surface area contributed by atoms with Crippen molar-refractivity contribution in [1.29, 1.82) is 0 Å². The van der Waals surface area contributed by atoms with E-state index in [0.717, 1.165) is 70.6 Å². The van der Waals surface area contributed by atoms with Crippen molar-refractivity contribution in [3.63, 3.8) is 0 Å². The van der Waals surface area contributed by atoms with Gasteiger partial charge in [-0.2, -0.15) is 0 Å². The zero-order valence-electron chi connectivity index (χ0n) is 34.2. The Kier molecular flexibility index (Phi) is 39.0. The summed E-state index contributed by atoms with van der Waals surface area (Å²) in [5.41, 5.74) is 5.37. The molecule has 0 heterocycles. The second-order valence-electron chi connectivity index (χ2n) is 14.5. The summed E-state index contributed by atoms with van der Waals surface area (Å²) < 4.78 is 22.1. The predicted molar refractivity (Wildman–Crippen MR) is 226 cm³/mol. The molecular formula is C44H83N2O6P. The Balaban J connectivity index is 4.24. The van der Waals surface area contributed by atoms with Crippen molar-refractivity contribution in [3.8, 4) is 0 Å². The van der Waals surface area contributed by atoms with Crippen molar-refractivity contribution in [2.45, 2.75) is 206 Å². The molecule has 0 aromatic carbocycles. The van der Waals surface area contributed by atoms with Gasteiger partial charge < -0.3 is 21.1 Å². The summed E-state index contributed by atoms with van der Waals surface area (Å²) >= 11 is 0. The molecule has 0 spiro atoms. The monoisotopic (exact) mass is 767 g/mol. The third-order valence-corrected chi connectivity index (χ3v) is 10.4. The molecule has 0 aliphatic heterocycles. The van der Waals surface area contributed by atoms with E-state index >= 15 is 0 Å². The van der Waals surface area contributed by atoms with Crippen molar-refractivity contribution in [3.05, 3.63) is 48.6 Å². The number of carbonyl (C=O) groups excluding carboxylic acids is 1. The van der Waals surface area contributed by atoms with E-state index in [9.17, 15) is 19.4 Å². The normalized spacial score (nSPS) is 14.6. The van der Waals surface area contributed by atoms with Gasteiger partial charge in [0, 0.05) is 13.0 Å². The third-order valence-electron chi connectivity index (χ3n) is 9.41. The number of hydrogen-bond donors (Lipinski definition) is 4. The summed E-state index contributed by atoms with van der Waals surface area (Å²) in [6.45, 7) is 4.02. The molecule has 9 heteroatoms. The first-order valence-corrected chi connectivity index (χ1v) is 23.3. The smallest absolute Gasteiger partial charge is 0.387 e. The third kappa shape index (κ3) is 38.5. The van der Waals surface area contributed by atoms with Gasteiger partial charge in [0.2, 0.25) is 5.91 Å². The maximum atomic E-state index is 12.8. The minimum absolute atomic E-state index is 0.0753. The molecule has 0 rings (SSSR count). The molecule has 0 fully saturated rings. The molecule has 310 valence electrons. The average molecular weight is 767 g/mol. The number of nitrogens with two attached hydrogens (primary N) is 1. The van der Waals surface area contributed by atoms with Crippen LogP contribution in [0.4, 0.5) is 0 Å². The Labute approximate surface area is 326 Å². The topological polar surface area (TPSA) is 131 Å². The molecule has 0 aromatic heterocycles. The summed E-state index contributed by atoms with van der Waals surface area (Å²) in [5, 5.41) is 13.7. The lowest BCUT2D eigenvalue weighted by Gasteiger charge is -2.23. The van der Waals surface area contributed by atoms with E-state index in [0.29, 0.717) is 6.42 Å². The molecule has 3 atom stereocenters. The number of rotatable bonds is 40. The zero-order chi connectivity index (χ0) is 38.9. The number of amides is 1. The summed E-state index contributed by atoms with van der Waals surface area (Å²) in [5.74, 6) is -0.205. The maximum absolute atomic E-state index is 12.8. The molecule has 0 bridgehead atoms. The Bertz CT molecular complexity index is 970. The minimum Gasteiger partial charge on any atom is -0.387 e. The van der Waals surface area contributed by atoms with Gasteiger partial charge in [0.15, 0.2) is 0 Å². The van der Waals surface area contributed by atoms with Crippen LogP contribution in [0.5, 0.6) is 0 Å². The number of hydrogen-bond acceptors (Lipinski definition) is 6. The van der Waals surface area contributed by atoms with Gasteiger partial charge in [0.05, 0.1) is 25.4 Å². The van der Waals surface area contributed by atoms with Gasteiger partial charge >= 0.3 is 7.82 Å². The lowest BCUT2D eigenvalue weighted by molar-refractivity contribution is -0.123. The Morgan fingerprint density at radius 1 is 0.642 bits per heavy atom. The molecule has 0 saturated carbocycles. The summed E-state index contributed by atoms with van der Waals surface area (Å²) in [6, 6.07) is -0.866. The fraction of sp³-hybridized carbons (Fsp3) is 0.795. The van der Waals surface area contributed by atoms with Crippen molar-refractivity contribution in [2.75, 3.05) is 19.8 Å². The van der Waals surface area contributed by atoms with E-state index < -0.39 is 20.0 Å². The lowest BCUT2D eigenvalue weighted by atomic mass is 10.0. The maximum Gasteiger partial charge on any atom is 0.472 e. The first kappa shape index (κ1) is 51.5. The fourth-order valence-corrected chi connectivity index (χ4v) is 6.91. The molecule has 0 saturated heterocycles. The van der Waals surface area contributed by atoms with E-state index in [1.165, 1.54) is 103 Å². The molecule has 0 aliphatic carbocycles. The van der Waals surface area contributed by atoms with Crippen LogP contribution in [-0.2, 0) is 18.4 Å². The van der Waals surface area contributed by atoms with Crippen molar-refractivity contribution in [1.82, 2.24) is 5.32 Å². The molecule has 0 aliphatic rings. The number of unbranched alkanes of at least 4 members (excludes halogenated alkanes) is 22.